The lowest BCUT2D eigenvalue weighted by Crippen LogP contribution is -1.93. The van der Waals surface area contributed by atoms with Gasteiger partial charge in [-0.15, -0.1) is 5.10 Å². The Balaban J connectivity index is 0.000000180. The number of aryl methyl sites for hydroxylation is 4. The van der Waals surface area contributed by atoms with E-state index >= 15 is 0 Å². The van der Waals surface area contributed by atoms with Gasteiger partial charge in [-0.1, -0.05) is 31.1 Å². The zero-order valence-corrected chi connectivity index (χ0v) is 11.7. The summed E-state index contributed by atoms with van der Waals surface area (Å²) in [6, 6.07) is 2.00. The Bertz CT molecular complexity index is 368. The van der Waals surface area contributed by atoms with Crippen LogP contribution in [0.4, 0.5) is 0 Å². The fraction of sp³-hybridized carbons (Fsp3) is 0.615. The van der Waals surface area contributed by atoms with Gasteiger partial charge in [-0.2, -0.15) is 0 Å². The highest BCUT2D eigenvalue weighted by atomic mass is 16.5. The third-order valence-electron chi connectivity index (χ3n) is 2.59. The van der Waals surface area contributed by atoms with Crippen molar-refractivity contribution in [2.75, 3.05) is 0 Å². The molecule has 0 saturated heterocycles. The van der Waals surface area contributed by atoms with Crippen molar-refractivity contribution in [3.8, 4) is 0 Å². The van der Waals surface area contributed by atoms with Gasteiger partial charge in [-0.05, 0) is 19.8 Å². The van der Waals surface area contributed by atoms with Crippen molar-refractivity contribution in [3.63, 3.8) is 0 Å². The maximum Gasteiger partial charge on any atom is 0.136 e. The minimum atomic E-state index is 0.910. The minimum absolute atomic E-state index is 0.910. The van der Waals surface area contributed by atoms with Crippen LogP contribution in [-0.4, -0.2) is 20.2 Å². The quantitative estimate of drug-likeness (QED) is 0.837. The van der Waals surface area contributed by atoms with Crippen molar-refractivity contribution in [3.05, 3.63) is 29.4 Å². The third-order valence-corrected chi connectivity index (χ3v) is 2.59. The summed E-state index contributed by atoms with van der Waals surface area (Å²) < 4.78 is 6.79. The number of hydrogen-bond acceptors (Lipinski definition) is 4. The van der Waals surface area contributed by atoms with Crippen LogP contribution in [0.25, 0.3) is 0 Å². The predicted molar refractivity (Wildman–Crippen MR) is 70.3 cm³/mol. The van der Waals surface area contributed by atoms with Gasteiger partial charge in [0.15, 0.2) is 0 Å². The summed E-state index contributed by atoms with van der Waals surface area (Å²) in [5, 5.41) is 11.6. The third kappa shape index (κ3) is 4.31. The minimum Gasteiger partial charge on any atom is -0.361 e. The lowest BCUT2D eigenvalue weighted by atomic mass is 10.3. The van der Waals surface area contributed by atoms with Gasteiger partial charge in [0.2, 0.25) is 0 Å². The summed E-state index contributed by atoms with van der Waals surface area (Å²) in [6.45, 7) is 9.16. The standard InChI is InChI=1S/C7H11NO.C6H11N3/c1-3-6-5-7(4-2)9-8-6;1-3-6-5-9(4-2)8-7-6/h2*5H,3-4H2,1-2H3. The van der Waals surface area contributed by atoms with Crippen LogP contribution >= 0.6 is 0 Å². The Kier molecular flexibility index (Phi) is 6.11. The second kappa shape index (κ2) is 7.63. The first-order chi connectivity index (χ1) is 8.73. The largest absolute Gasteiger partial charge is 0.361 e. The van der Waals surface area contributed by atoms with Gasteiger partial charge < -0.3 is 4.52 Å². The van der Waals surface area contributed by atoms with Crippen LogP contribution in [0.2, 0.25) is 0 Å². The zero-order chi connectivity index (χ0) is 13.4. The van der Waals surface area contributed by atoms with Gasteiger partial charge in [-0.25, -0.2) is 0 Å². The second-order valence-corrected chi connectivity index (χ2v) is 3.91. The number of rotatable bonds is 4. The van der Waals surface area contributed by atoms with E-state index in [1.165, 1.54) is 0 Å². The molecule has 0 fully saturated rings. The smallest absolute Gasteiger partial charge is 0.136 e. The van der Waals surface area contributed by atoms with Crippen molar-refractivity contribution in [2.24, 2.45) is 0 Å². The number of aromatic nitrogens is 4. The molecule has 0 bridgehead atoms. The second-order valence-electron chi connectivity index (χ2n) is 3.91. The first-order valence-corrected chi connectivity index (χ1v) is 6.56. The van der Waals surface area contributed by atoms with Crippen LogP contribution in [-0.2, 0) is 25.8 Å². The van der Waals surface area contributed by atoms with Crippen molar-refractivity contribution in [2.45, 2.75) is 53.5 Å². The molecule has 2 rings (SSSR count). The van der Waals surface area contributed by atoms with Gasteiger partial charge in [0.25, 0.3) is 0 Å². The summed E-state index contributed by atoms with van der Waals surface area (Å²) in [5.41, 5.74) is 2.11. The maximum absolute atomic E-state index is 4.95. The number of nitrogens with zero attached hydrogens (tertiary/aromatic N) is 4. The first-order valence-electron chi connectivity index (χ1n) is 6.56. The van der Waals surface area contributed by atoms with Gasteiger partial charge in [0.05, 0.1) is 11.4 Å². The average molecular weight is 250 g/mol. The van der Waals surface area contributed by atoms with Crippen molar-refractivity contribution in [1.82, 2.24) is 20.2 Å². The monoisotopic (exact) mass is 250 g/mol. The molecule has 5 heteroatoms. The molecule has 100 valence electrons. The molecule has 0 amide bonds. The van der Waals surface area contributed by atoms with E-state index < -0.39 is 0 Å². The Morgan fingerprint density at radius 1 is 1.06 bits per heavy atom. The predicted octanol–water partition coefficient (Wildman–Crippen LogP) is 2.66. The lowest BCUT2D eigenvalue weighted by Gasteiger charge is -1.86. The molecule has 2 heterocycles. The van der Waals surface area contributed by atoms with Gasteiger partial charge >= 0.3 is 0 Å². The summed E-state index contributed by atoms with van der Waals surface area (Å²) >= 11 is 0. The average Bonchev–Trinajstić information content (AvgIpc) is 3.07. The molecule has 0 radical (unpaired) electrons. The van der Waals surface area contributed by atoms with E-state index in [-0.39, 0.29) is 0 Å². The normalized spacial score (nSPS) is 10.0. The van der Waals surface area contributed by atoms with Crippen LogP contribution in [0.1, 0.15) is 44.8 Å². The van der Waals surface area contributed by atoms with E-state index in [1.807, 2.05) is 23.9 Å². The van der Waals surface area contributed by atoms with E-state index in [4.69, 9.17) is 4.52 Å². The van der Waals surface area contributed by atoms with Crippen LogP contribution in [0.5, 0.6) is 0 Å². The van der Waals surface area contributed by atoms with Gasteiger partial charge in [0, 0.05) is 25.2 Å². The summed E-state index contributed by atoms with van der Waals surface area (Å²) in [5.74, 6) is 0.979. The van der Waals surface area contributed by atoms with Crippen molar-refractivity contribution < 1.29 is 4.52 Å². The molecule has 18 heavy (non-hydrogen) atoms. The molecule has 0 N–H and O–H groups in total. The summed E-state index contributed by atoms with van der Waals surface area (Å²) in [6.07, 6.45) is 4.84. The zero-order valence-electron chi connectivity index (χ0n) is 11.7. The van der Waals surface area contributed by atoms with Crippen LogP contribution in [0, 0.1) is 0 Å². The fourth-order valence-electron chi connectivity index (χ4n) is 1.34. The topological polar surface area (TPSA) is 56.7 Å². The van der Waals surface area contributed by atoms with Crippen LogP contribution in [0.15, 0.2) is 16.8 Å². The molecule has 0 aliphatic rings. The Hall–Kier alpha value is -1.65. The molecule has 0 unspecified atom stereocenters. The highest BCUT2D eigenvalue weighted by Gasteiger charge is 1.97. The molecule has 0 aliphatic heterocycles. The molecule has 0 spiro atoms. The van der Waals surface area contributed by atoms with Crippen molar-refractivity contribution >= 4 is 0 Å². The highest BCUT2D eigenvalue weighted by Crippen LogP contribution is 2.03. The van der Waals surface area contributed by atoms with E-state index in [2.05, 4.69) is 36.2 Å². The summed E-state index contributed by atoms with van der Waals surface area (Å²) in [4.78, 5) is 0. The molecular formula is C13H22N4O. The van der Waals surface area contributed by atoms with Crippen LogP contribution in [0.3, 0.4) is 0 Å². The number of hydrogen-bond donors (Lipinski definition) is 0. The summed E-state index contributed by atoms with van der Waals surface area (Å²) in [7, 11) is 0. The Morgan fingerprint density at radius 2 is 1.78 bits per heavy atom. The fourth-order valence-corrected chi connectivity index (χ4v) is 1.34. The lowest BCUT2D eigenvalue weighted by molar-refractivity contribution is 0.381. The SMILES string of the molecule is CCc1cc(CC)on1.CCc1cn(CC)nn1. The molecular weight excluding hydrogens is 228 g/mol. The van der Waals surface area contributed by atoms with Gasteiger partial charge in [-0.3, -0.25) is 4.68 Å². The highest BCUT2D eigenvalue weighted by molar-refractivity contribution is 5.04. The van der Waals surface area contributed by atoms with Crippen molar-refractivity contribution in [1.29, 1.82) is 0 Å². The van der Waals surface area contributed by atoms with Gasteiger partial charge in [0.1, 0.15) is 5.76 Å². The maximum atomic E-state index is 4.95. The first kappa shape index (κ1) is 14.4. The molecule has 5 nitrogen and oxygen atoms in total. The molecule has 0 atom stereocenters. The van der Waals surface area contributed by atoms with E-state index in [9.17, 15) is 0 Å². The Morgan fingerprint density at radius 3 is 2.11 bits per heavy atom. The van der Waals surface area contributed by atoms with E-state index in [0.29, 0.717) is 0 Å². The molecule has 0 aliphatic carbocycles. The van der Waals surface area contributed by atoms with E-state index in [1.54, 1.807) is 0 Å². The van der Waals surface area contributed by atoms with E-state index in [0.717, 1.165) is 43.0 Å². The molecule has 2 aromatic heterocycles. The molecule has 0 saturated carbocycles. The Labute approximate surface area is 108 Å². The van der Waals surface area contributed by atoms with Crippen LogP contribution < -0.4 is 0 Å². The molecule has 2 aromatic rings. The molecule has 0 aromatic carbocycles.